The van der Waals surface area contributed by atoms with E-state index in [2.05, 4.69) is 5.10 Å². The number of hydrogen-bond acceptors (Lipinski definition) is 4. The molecule has 3 aromatic carbocycles. The van der Waals surface area contributed by atoms with Crippen molar-refractivity contribution in [3.05, 3.63) is 84.1 Å². The Balaban J connectivity index is 1.54. The summed E-state index contributed by atoms with van der Waals surface area (Å²) in [5.41, 5.74) is 1.38. The van der Waals surface area contributed by atoms with Crippen LogP contribution in [0.3, 0.4) is 0 Å². The molecule has 1 unspecified atom stereocenters. The van der Waals surface area contributed by atoms with Crippen LogP contribution >= 0.6 is 11.8 Å². The van der Waals surface area contributed by atoms with Crippen LogP contribution in [0.5, 0.6) is 5.75 Å². The second kappa shape index (κ2) is 9.30. The number of aliphatic carboxylic acids is 1. The van der Waals surface area contributed by atoms with Crippen molar-refractivity contribution in [3.8, 4) is 11.4 Å². The Morgan fingerprint density at radius 1 is 1.03 bits per heavy atom. The molecule has 0 aliphatic heterocycles. The fraction of sp³-hybridized carbons (Fsp3) is 0.231. The first-order valence-electron chi connectivity index (χ1n) is 10.8. The third-order valence-corrected chi connectivity index (χ3v) is 6.70. The number of nitrogens with zero attached hydrogens (tertiary/aromatic N) is 2. The van der Waals surface area contributed by atoms with E-state index in [4.69, 9.17) is 4.74 Å². The Kier molecular flexibility index (Phi) is 6.55. The molecule has 0 aliphatic rings. The maximum Gasteiger partial charge on any atom is 0.416 e. The van der Waals surface area contributed by atoms with Gasteiger partial charge in [-0.3, -0.25) is 4.79 Å². The van der Waals surface area contributed by atoms with Gasteiger partial charge in [0.15, 0.2) is 0 Å². The van der Waals surface area contributed by atoms with E-state index in [1.54, 1.807) is 36.9 Å². The van der Waals surface area contributed by atoms with Crippen molar-refractivity contribution in [1.29, 1.82) is 0 Å². The van der Waals surface area contributed by atoms with Crippen molar-refractivity contribution in [2.24, 2.45) is 0 Å². The number of thioether (sulfide) groups is 1. The van der Waals surface area contributed by atoms with Crippen LogP contribution in [0.2, 0.25) is 0 Å². The summed E-state index contributed by atoms with van der Waals surface area (Å²) in [5.74, 6) is -0.261. The van der Waals surface area contributed by atoms with Gasteiger partial charge < -0.3 is 9.84 Å². The minimum absolute atomic E-state index is 0.335. The lowest BCUT2D eigenvalue weighted by Crippen LogP contribution is -2.26. The zero-order valence-electron chi connectivity index (χ0n) is 19.2. The second-order valence-corrected chi connectivity index (χ2v) is 10.2. The number of hydrogen-bond donors (Lipinski definition) is 1. The minimum atomic E-state index is -4.39. The van der Waals surface area contributed by atoms with Gasteiger partial charge in [-0.15, -0.1) is 11.8 Å². The number of carbonyl (C=O) groups is 1. The monoisotopic (exact) mass is 500 g/mol. The number of alkyl halides is 3. The molecule has 182 valence electrons. The van der Waals surface area contributed by atoms with Gasteiger partial charge in [-0.25, -0.2) is 4.68 Å². The molecule has 0 amide bonds. The summed E-state index contributed by atoms with van der Waals surface area (Å²) in [6.45, 7) is 5.20. The third kappa shape index (κ3) is 5.45. The number of benzene rings is 3. The van der Waals surface area contributed by atoms with Crippen LogP contribution in [0.15, 0.2) is 77.8 Å². The Morgan fingerprint density at radius 2 is 1.69 bits per heavy atom. The SMILES string of the molecule is CC(Oc1ccc(SC(C)(C)C(=O)O)cc1)c1cccc2nn(-c3ccc(C(F)(F)F)cc3)cc12. The number of rotatable bonds is 7. The number of aromatic nitrogens is 2. The zero-order chi connectivity index (χ0) is 25.4. The molecule has 0 saturated carbocycles. The fourth-order valence-corrected chi connectivity index (χ4v) is 4.50. The van der Waals surface area contributed by atoms with Gasteiger partial charge in [0.1, 0.15) is 16.6 Å². The van der Waals surface area contributed by atoms with Crippen LogP contribution in [0.1, 0.15) is 38.0 Å². The van der Waals surface area contributed by atoms with Crippen LogP contribution in [-0.2, 0) is 11.0 Å². The van der Waals surface area contributed by atoms with Crippen LogP contribution in [0.4, 0.5) is 13.2 Å². The van der Waals surface area contributed by atoms with Crippen LogP contribution in [-0.4, -0.2) is 25.6 Å². The lowest BCUT2D eigenvalue weighted by molar-refractivity contribution is -0.139. The van der Waals surface area contributed by atoms with Crippen molar-refractivity contribution >= 4 is 28.6 Å². The van der Waals surface area contributed by atoms with E-state index in [-0.39, 0.29) is 6.10 Å². The minimum Gasteiger partial charge on any atom is -0.486 e. The number of carboxylic acids is 1. The summed E-state index contributed by atoms with van der Waals surface area (Å²) in [5, 5.41) is 14.7. The molecule has 4 rings (SSSR count). The molecule has 1 aromatic heterocycles. The first-order valence-corrected chi connectivity index (χ1v) is 11.6. The van der Waals surface area contributed by atoms with Crippen LogP contribution in [0, 0.1) is 0 Å². The van der Waals surface area contributed by atoms with E-state index in [1.807, 2.05) is 37.3 Å². The molecule has 0 spiro atoms. The zero-order valence-corrected chi connectivity index (χ0v) is 20.0. The van der Waals surface area contributed by atoms with Crippen molar-refractivity contribution in [2.75, 3.05) is 0 Å². The maximum atomic E-state index is 12.9. The maximum absolute atomic E-state index is 12.9. The topological polar surface area (TPSA) is 64.3 Å². The van der Waals surface area contributed by atoms with E-state index in [0.717, 1.165) is 28.0 Å². The molecule has 0 saturated heterocycles. The number of carboxylic acid groups (broad SMARTS) is 1. The van der Waals surface area contributed by atoms with E-state index in [0.29, 0.717) is 17.0 Å². The number of fused-ring (bicyclic) bond motifs is 1. The Bertz CT molecular complexity index is 1350. The summed E-state index contributed by atoms with van der Waals surface area (Å²) in [6, 6.07) is 17.7. The molecule has 0 aliphatic carbocycles. The van der Waals surface area contributed by atoms with Crippen LogP contribution < -0.4 is 4.74 Å². The van der Waals surface area contributed by atoms with E-state index in [1.165, 1.54) is 23.9 Å². The van der Waals surface area contributed by atoms with Gasteiger partial charge in [-0.05, 0) is 75.4 Å². The highest BCUT2D eigenvalue weighted by molar-refractivity contribution is 8.01. The molecule has 1 heterocycles. The predicted molar refractivity (Wildman–Crippen MR) is 129 cm³/mol. The van der Waals surface area contributed by atoms with Crippen molar-refractivity contribution in [3.63, 3.8) is 0 Å². The summed E-state index contributed by atoms with van der Waals surface area (Å²) >= 11 is 1.25. The Labute approximate surface area is 204 Å². The molecule has 5 nitrogen and oxygen atoms in total. The van der Waals surface area contributed by atoms with E-state index < -0.39 is 22.5 Å². The highest BCUT2D eigenvalue weighted by Crippen LogP contribution is 2.35. The smallest absolute Gasteiger partial charge is 0.416 e. The second-order valence-electron chi connectivity index (χ2n) is 8.55. The molecule has 35 heavy (non-hydrogen) atoms. The summed E-state index contributed by atoms with van der Waals surface area (Å²) < 4.78 is 45.4. The summed E-state index contributed by atoms with van der Waals surface area (Å²) in [7, 11) is 0. The standard InChI is InChI=1S/C26H23F3N2O3S/c1-16(34-19-11-13-20(14-12-19)35-25(2,3)24(32)33)21-5-4-6-23-22(21)15-31(30-23)18-9-7-17(8-10-18)26(27,28)29/h4-16H,1-3H3,(H,32,33). The number of halogens is 3. The summed E-state index contributed by atoms with van der Waals surface area (Å²) in [6.07, 6.45) is -2.95. The molecular weight excluding hydrogens is 477 g/mol. The largest absolute Gasteiger partial charge is 0.486 e. The lowest BCUT2D eigenvalue weighted by atomic mass is 10.1. The highest BCUT2D eigenvalue weighted by atomic mass is 32.2. The van der Waals surface area contributed by atoms with Crippen molar-refractivity contribution < 1.29 is 27.8 Å². The molecule has 0 fully saturated rings. The van der Waals surface area contributed by atoms with Crippen molar-refractivity contribution in [2.45, 2.75) is 42.7 Å². The molecular formula is C26H23F3N2O3S. The fourth-order valence-electron chi connectivity index (χ4n) is 3.55. The van der Waals surface area contributed by atoms with Gasteiger partial charge >= 0.3 is 12.1 Å². The van der Waals surface area contributed by atoms with Gasteiger partial charge in [-0.1, -0.05) is 12.1 Å². The summed E-state index contributed by atoms with van der Waals surface area (Å²) in [4.78, 5) is 12.2. The van der Waals surface area contributed by atoms with Gasteiger partial charge in [-0.2, -0.15) is 18.3 Å². The third-order valence-electron chi connectivity index (χ3n) is 5.51. The molecule has 0 bridgehead atoms. The van der Waals surface area contributed by atoms with Gasteiger partial charge in [0.05, 0.1) is 16.8 Å². The Morgan fingerprint density at radius 3 is 2.29 bits per heavy atom. The number of ether oxygens (including phenoxy) is 1. The lowest BCUT2D eigenvalue weighted by Gasteiger charge is -2.19. The first-order chi connectivity index (χ1) is 16.4. The van der Waals surface area contributed by atoms with Crippen LogP contribution in [0.25, 0.3) is 16.6 Å². The molecule has 1 N–H and O–H groups in total. The predicted octanol–water partition coefficient (Wildman–Crippen LogP) is 7.14. The van der Waals surface area contributed by atoms with E-state index >= 15 is 0 Å². The molecule has 1 atom stereocenters. The van der Waals surface area contributed by atoms with Gasteiger partial charge in [0, 0.05) is 22.0 Å². The Hall–Kier alpha value is -3.46. The quantitative estimate of drug-likeness (QED) is 0.273. The molecule has 9 heteroatoms. The van der Waals surface area contributed by atoms with Crippen molar-refractivity contribution in [1.82, 2.24) is 9.78 Å². The normalized spacial score (nSPS) is 13.1. The average Bonchev–Trinajstić information content (AvgIpc) is 3.24. The first kappa shape index (κ1) is 24.7. The molecule has 4 aromatic rings. The van der Waals surface area contributed by atoms with Gasteiger partial charge in [0.25, 0.3) is 0 Å². The molecule has 0 radical (unpaired) electrons. The average molecular weight is 501 g/mol. The van der Waals surface area contributed by atoms with Gasteiger partial charge in [0.2, 0.25) is 0 Å². The highest BCUT2D eigenvalue weighted by Gasteiger charge is 2.30. The van der Waals surface area contributed by atoms with E-state index in [9.17, 15) is 23.1 Å².